The molecule has 0 spiro atoms. The Hall–Kier alpha value is -0.910. The van der Waals surface area contributed by atoms with E-state index in [-0.39, 0.29) is 12.5 Å². The zero-order chi connectivity index (χ0) is 43.7. The molecule has 0 radical (unpaired) electrons. The average molecular weight is 848 g/mol. The zero-order valence-corrected chi connectivity index (χ0v) is 40.9. The molecule has 0 heterocycles. The number of nitrogens with one attached hydrogen (secondary N) is 1. The van der Waals surface area contributed by atoms with E-state index in [1.165, 1.54) is 250 Å². The lowest BCUT2D eigenvalue weighted by molar-refractivity contribution is -0.124. The Bertz CT molecular complexity index is 848. The number of hydrogen-bond donors (Lipinski definition) is 4. The lowest BCUT2D eigenvalue weighted by Crippen LogP contribution is -2.50. The Labute approximate surface area is 376 Å². The van der Waals surface area contributed by atoms with Gasteiger partial charge in [-0.2, -0.15) is 0 Å². The van der Waals surface area contributed by atoms with E-state index in [2.05, 4.69) is 31.3 Å². The summed E-state index contributed by atoms with van der Waals surface area (Å²) in [4.78, 5) is 12.5. The van der Waals surface area contributed by atoms with Gasteiger partial charge in [-0.05, 0) is 38.5 Å². The number of aliphatic hydroxyl groups excluding tert-OH is 3. The van der Waals surface area contributed by atoms with Crippen molar-refractivity contribution in [3.63, 3.8) is 0 Å². The highest BCUT2D eigenvalue weighted by Gasteiger charge is 2.26. The summed E-state index contributed by atoms with van der Waals surface area (Å²) in [5, 5.41) is 33.7. The lowest BCUT2D eigenvalue weighted by atomic mass is 9.99. The van der Waals surface area contributed by atoms with E-state index >= 15 is 0 Å². The van der Waals surface area contributed by atoms with Gasteiger partial charge in [-0.1, -0.05) is 276 Å². The van der Waals surface area contributed by atoms with Crippen LogP contribution >= 0.6 is 0 Å². The third-order valence-electron chi connectivity index (χ3n) is 13.1. The van der Waals surface area contributed by atoms with Gasteiger partial charge in [0.1, 0.15) is 6.10 Å². The summed E-state index contributed by atoms with van der Waals surface area (Å²) in [5.41, 5.74) is 0. The van der Waals surface area contributed by atoms with Gasteiger partial charge in [-0.3, -0.25) is 4.79 Å². The smallest absolute Gasteiger partial charge is 0.220 e. The van der Waals surface area contributed by atoms with Gasteiger partial charge in [-0.15, -0.1) is 0 Å². The monoisotopic (exact) mass is 848 g/mol. The van der Waals surface area contributed by atoms with E-state index in [9.17, 15) is 20.1 Å². The van der Waals surface area contributed by atoms with E-state index in [0.29, 0.717) is 12.8 Å². The molecule has 5 nitrogen and oxygen atoms in total. The number of amides is 1. The van der Waals surface area contributed by atoms with Crippen LogP contribution in [0.4, 0.5) is 0 Å². The second-order valence-electron chi connectivity index (χ2n) is 19.1. The Morgan fingerprint density at radius 2 is 0.667 bits per heavy atom. The largest absolute Gasteiger partial charge is 0.394 e. The zero-order valence-electron chi connectivity index (χ0n) is 40.9. The number of unbranched alkanes of at least 4 members (excludes halogenated alkanes) is 41. The van der Waals surface area contributed by atoms with Crippen LogP contribution in [0.1, 0.15) is 309 Å². The van der Waals surface area contributed by atoms with Gasteiger partial charge < -0.3 is 20.6 Å². The van der Waals surface area contributed by atoms with E-state index < -0.39 is 18.2 Å². The minimum absolute atomic E-state index is 0.140. The van der Waals surface area contributed by atoms with Gasteiger partial charge in [-0.25, -0.2) is 0 Å². The maximum atomic E-state index is 12.5. The third-order valence-corrected chi connectivity index (χ3v) is 13.1. The molecule has 0 aliphatic rings. The van der Waals surface area contributed by atoms with Crippen molar-refractivity contribution in [3.8, 4) is 0 Å². The number of carbonyl (C=O) groups is 1. The molecule has 3 atom stereocenters. The number of aliphatic hydroxyl groups is 3. The van der Waals surface area contributed by atoms with Gasteiger partial charge in [0.2, 0.25) is 5.91 Å². The van der Waals surface area contributed by atoms with Crippen LogP contribution in [-0.4, -0.2) is 46.1 Å². The van der Waals surface area contributed by atoms with Crippen LogP contribution in [0.5, 0.6) is 0 Å². The summed E-state index contributed by atoms with van der Waals surface area (Å²) in [7, 11) is 0. The Morgan fingerprint density at radius 1 is 0.400 bits per heavy atom. The Morgan fingerprint density at radius 3 is 0.967 bits per heavy atom. The number of hydrogen-bond acceptors (Lipinski definition) is 4. The molecule has 0 aliphatic heterocycles. The van der Waals surface area contributed by atoms with E-state index in [4.69, 9.17) is 0 Å². The first-order chi connectivity index (χ1) is 29.6. The third kappa shape index (κ3) is 45.1. The molecule has 0 fully saturated rings. The SMILES string of the molecule is CCCCCCCCCCCCCC/C=C\CCCCCCCCCCCCCCC(=O)NC(CO)C(O)C(O)CCCCCCCCCCCCCCCCCCCC. The van der Waals surface area contributed by atoms with Crippen LogP contribution in [0.2, 0.25) is 0 Å². The standard InChI is InChI=1S/C55H109NO4/c1-3-5-7-9-11-13-15-17-19-21-23-24-25-26-27-28-29-30-31-32-34-36-38-40-42-44-46-48-50-54(59)56-52(51-57)55(60)53(58)49-47-45-43-41-39-37-35-33-22-20-18-16-14-12-10-8-6-4-2/h26-27,52-53,55,57-58,60H,3-25,28-51H2,1-2H3,(H,56,59)/b27-26-. The fraction of sp³-hybridized carbons (Fsp3) is 0.945. The van der Waals surface area contributed by atoms with Crippen molar-refractivity contribution in [1.29, 1.82) is 0 Å². The summed E-state index contributed by atoms with van der Waals surface area (Å²) in [6.07, 6.45) is 62.1. The molecule has 3 unspecified atom stereocenters. The first kappa shape index (κ1) is 59.1. The second kappa shape index (κ2) is 50.7. The van der Waals surface area contributed by atoms with Crippen LogP contribution in [0.3, 0.4) is 0 Å². The van der Waals surface area contributed by atoms with Gasteiger partial charge in [0, 0.05) is 6.42 Å². The van der Waals surface area contributed by atoms with Gasteiger partial charge in [0.25, 0.3) is 0 Å². The summed E-state index contributed by atoms with van der Waals surface area (Å²) in [6, 6.07) is -0.807. The van der Waals surface area contributed by atoms with Crippen molar-refractivity contribution >= 4 is 5.91 Å². The highest BCUT2D eigenvalue weighted by Crippen LogP contribution is 2.18. The summed E-state index contributed by atoms with van der Waals surface area (Å²) >= 11 is 0. The number of rotatable bonds is 51. The van der Waals surface area contributed by atoms with Crippen molar-refractivity contribution in [2.24, 2.45) is 0 Å². The van der Waals surface area contributed by atoms with Crippen molar-refractivity contribution in [1.82, 2.24) is 5.32 Å². The minimum Gasteiger partial charge on any atom is -0.394 e. The summed E-state index contributed by atoms with van der Waals surface area (Å²) in [6.45, 7) is 4.22. The molecule has 0 aromatic carbocycles. The summed E-state index contributed by atoms with van der Waals surface area (Å²) < 4.78 is 0. The quantitative estimate of drug-likeness (QED) is 0.0363. The lowest BCUT2D eigenvalue weighted by Gasteiger charge is -2.26. The number of allylic oxidation sites excluding steroid dienone is 2. The maximum absolute atomic E-state index is 12.5. The molecule has 0 saturated heterocycles. The predicted molar refractivity (Wildman–Crippen MR) is 264 cm³/mol. The molecule has 0 saturated carbocycles. The van der Waals surface area contributed by atoms with Crippen molar-refractivity contribution in [2.45, 2.75) is 327 Å². The van der Waals surface area contributed by atoms with Gasteiger partial charge >= 0.3 is 0 Å². The molecule has 4 N–H and O–H groups in total. The fourth-order valence-electron chi connectivity index (χ4n) is 8.87. The molecule has 0 bridgehead atoms. The second-order valence-corrected chi connectivity index (χ2v) is 19.1. The van der Waals surface area contributed by atoms with E-state index in [1.54, 1.807) is 0 Å². The van der Waals surface area contributed by atoms with Gasteiger partial charge in [0.15, 0.2) is 0 Å². The molecular weight excluding hydrogens is 739 g/mol. The molecule has 5 heteroatoms. The molecule has 0 rings (SSSR count). The van der Waals surface area contributed by atoms with Crippen molar-refractivity contribution in [2.75, 3.05) is 6.61 Å². The van der Waals surface area contributed by atoms with Crippen LogP contribution in [0, 0.1) is 0 Å². The van der Waals surface area contributed by atoms with E-state index in [0.717, 1.165) is 32.1 Å². The normalized spacial score (nSPS) is 13.3. The molecule has 1 amide bonds. The van der Waals surface area contributed by atoms with Crippen molar-refractivity contribution < 1.29 is 20.1 Å². The first-order valence-electron chi connectivity index (χ1n) is 27.5. The Balaban J connectivity index is 3.51. The van der Waals surface area contributed by atoms with Crippen LogP contribution < -0.4 is 5.32 Å². The highest BCUT2D eigenvalue weighted by atomic mass is 16.3. The Kier molecular flexibility index (Phi) is 50.0. The van der Waals surface area contributed by atoms with Crippen molar-refractivity contribution in [3.05, 3.63) is 12.2 Å². The highest BCUT2D eigenvalue weighted by molar-refractivity contribution is 5.76. The summed E-state index contributed by atoms with van der Waals surface area (Å²) in [5.74, 6) is -0.140. The maximum Gasteiger partial charge on any atom is 0.220 e. The molecule has 0 aromatic rings. The van der Waals surface area contributed by atoms with Gasteiger partial charge in [0.05, 0.1) is 18.8 Å². The average Bonchev–Trinajstić information content (AvgIpc) is 3.25. The molecule has 60 heavy (non-hydrogen) atoms. The first-order valence-corrected chi connectivity index (χ1v) is 27.5. The van der Waals surface area contributed by atoms with Crippen LogP contribution in [0.15, 0.2) is 12.2 Å². The fourth-order valence-corrected chi connectivity index (χ4v) is 8.87. The molecule has 0 aromatic heterocycles. The minimum atomic E-state index is -1.13. The molecular formula is C55H109NO4. The predicted octanol–water partition coefficient (Wildman–Crippen LogP) is 16.7. The van der Waals surface area contributed by atoms with E-state index in [1.807, 2.05) is 0 Å². The molecule has 358 valence electrons. The van der Waals surface area contributed by atoms with Crippen LogP contribution in [0.25, 0.3) is 0 Å². The topological polar surface area (TPSA) is 89.8 Å². The van der Waals surface area contributed by atoms with Crippen LogP contribution in [-0.2, 0) is 4.79 Å². The molecule has 0 aliphatic carbocycles. The number of carbonyl (C=O) groups excluding carboxylic acids is 1.